The summed E-state index contributed by atoms with van der Waals surface area (Å²) >= 11 is 0. The van der Waals surface area contributed by atoms with Gasteiger partial charge in [0.2, 0.25) is 6.54 Å². The highest BCUT2D eigenvalue weighted by Crippen LogP contribution is 2.28. The first-order valence-corrected chi connectivity index (χ1v) is 4.98. The van der Waals surface area contributed by atoms with Crippen molar-refractivity contribution in [2.75, 3.05) is 6.54 Å². The van der Waals surface area contributed by atoms with Crippen molar-refractivity contribution in [2.45, 2.75) is 19.4 Å². The summed E-state index contributed by atoms with van der Waals surface area (Å²) in [5, 5.41) is 10.3. The molecule has 1 heterocycles. The van der Waals surface area contributed by atoms with Gasteiger partial charge in [-0.15, -0.1) is 0 Å². The Balaban J connectivity index is 2.99. The molecule has 0 unspecified atom stereocenters. The predicted octanol–water partition coefficient (Wildman–Crippen LogP) is 2.62. The molecule has 1 rings (SSSR count). The average molecular weight is 221 g/mol. The molecule has 0 radical (unpaired) electrons. The van der Waals surface area contributed by atoms with Crippen LogP contribution in [0.1, 0.15) is 13.8 Å². The van der Waals surface area contributed by atoms with Crippen molar-refractivity contribution in [3.8, 4) is 0 Å². The van der Waals surface area contributed by atoms with Crippen LogP contribution < -0.4 is 0 Å². The van der Waals surface area contributed by atoms with Crippen molar-refractivity contribution in [1.29, 1.82) is 0 Å². The topological polar surface area (TPSA) is 52.4 Å². The lowest BCUT2D eigenvalue weighted by Gasteiger charge is -2.29. The Labute approximate surface area is 94.8 Å². The third-order valence-electron chi connectivity index (χ3n) is 2.04. The maximum atomic E-state index is 10.3. The highest BCUT2D eigenvalue weighted by atomic mass is 16.6. The molecule has 0 N–H and O–H groups in total. The van der Waals surface area contributed by atoms with Crippen molar-refractivity contribution >= 4 is 0 Å². The minimum absolute atomic E-state index is 0.242. The summed E-state index contributed by atoms with van der Waals surface area (Å²) in [7, 11) is 0. The monoisotopic (exact) mass is 221 g/mol. The Hall–Kier alpha value is -1.84. The fraction of sp³-hybridized carbons (Fsp3) is 0.333. The molecule has 16 heavy (non-hydrogen) atoms. The smallest absolute Gasteiger partial charge is 0.225 e. The van der Waals surface area contributed by atoms with E-state index in [2.05, 4.69) is 6.58 Å². The molecule has 0 saturated carbocycles. The molecule has 86 valence electrons. The molecule has 0 spiro atoms. The van der Waals surface area contributed by atoms with Crippen LogP contribution in [0.5, 0.6) is 0 Å². The van der Waals surface area contributed by atoms with E-state index >= 15 is 0 Å². The zero-order valence-electron chi connectivity index (χ0n) is 9.47. The van der Waals surface area contributed by atoms with Gasteiger partial charge in [0.1, 0.15) is 11.4 Å². The van der Waals surface area contributed by atoms with E-state index in [4.69, 9.17) is 4.74 Å². The number of hydrogen-bond acceptors (Lipinski definition) is 3. The third-order valence-corrected chi connectivity index (χ3v) is 2.04. The Kier molecular flexibility index (Phi) is 3.66. The summed E-state index contributed by atoms with van der Waals surface area (Å²) in [4.78, 5) is 9.92. The van der Waals surface area contributed by atoms with Crippen LogP contribution in [0.2, 0.25) is 0 Å². The van der Waals surface area contributed by atoms with Crippen LogP contribution in [0.15, 0.2) is 48.3 Å². The Morgan fingerprint density at radius 2 is 2.31 bits per heavy atom. The number of hydrogen-bond donors (Lipinski definition) is 0. The van der Waals surface area contributed by atoms with Gasteiger partial charge in [-0.2, -0.15) is 0 Å². The molecular formula is C12H15NO3. The van der Waals surface area contributed by atoms with Gasteiger partial charge in [0.05, 0.1) is 0 Å². The van der Waals surface area contributed by atoms with Gasteiger partial charge in [-0.3, -0.25) is 10.1 Å². The largest absolute Gasteiger partial charge is 0.483 e. The molecule has 0 aromatic carbocycles. The molecule has 0 fully saturated rings. The van der Waals surface area contributed by atoms with Gasteiger partial charge in [-0.05, 0) is 19.9 Å². The molecule has 4 nitrogen and oxygen atoms in total. The third kappa shape index (κ3) is 3.38. The molecule has 1 aliphatic rings. The van der Waals surface area contributed by atoms with Crippen molar-refractivity contribution in [3.63, 3.8) is 0 Å². The quantitative estimate of drug-likeness (QED) is 0.543. The number of ether oxygens (including phenoxy) is 1. The van der Waals surface area contributed by atoms with Gasteiger partial charge in [0.15, 0.2) is 0 Å². The van der Waals surface area contributed by atoms with Crippen molar-refractivity contribution in [3.05, 3.63) is 58.4 Å². The fourth-order valence-electron chi connectivity index (χ4n) is 1.33. The molecule has 0 amide bonds. The molecule has 4 heteroatoms. The summed E-state index contributed by atoms with van der Waals surface area (Å²) in [6, 6.07) is 0. The summed E-state index contributed by atoms with van der Waals surface area (Å²) in [5.41, 5.74) is 0.372. The van der Waals surface area contributed by atoms with Crippen LogP contribution >= 0.6 is 0 Å². The molecule has 0 atom stereocenters. The summed E-state index contributed by atoms with van der Waals surface area (Å²) in [5.74, 6) is 0.532. The highest BCUT2D eigenvalue weighted by Gasteiger charge is 2.23. The van der Waals surface area contributed by atoms with Crippen molar-refractivity contribution in [1.82, 2.24) is 0 Å². The van der Waals surface area contributed by atoms with Crippen LogP contribution in [0.25, 0.3) is 0 Å². The van der Waals surface area contributed by atoms with E-state index in [0.717, 1.165) is 5.57 Å². The molecule has 0 aliphatic carbocycles. The first-order valence-electron chi connectivity index (χ1n) is 4.98. The Morgan fingerprint density at radius 3 is 2.88 bits per heavy atom. The minimum Gasteiger partial charge on any atom is -0.483 e. The minimum atomic E-state index is -0.430. The van der Waals surface area contributed by atoms with Crippen LogP contribution in [0.3, 0.4) is 0 Å². The standard InChI is InChI=1S/C12H15NO3/c1-4-5-10-6-8-12(2,3)16-11(10)7-9-13(14)15/h4-8H,1,9H2,2-3H3/b10-5-,11-7+. The van der Waals surface area contributed by atoms with E-state index in [1.54, 1.807) is 12.2 Å². The molecule has 0 saturated heterocycles. The number of rotatable bonds is 3. The number of allylic oxidation sites excluding steroid dienone is 3. The number of nitrogens with zero attached hydrogens (tertiary/aromatic N) is 1. The van der Waals surface area contributed by atoms with Gasteiger partial charge < -0.3 is 4.74 Å². The van der Waals surface area contributed by atoms with E-state index in [1.165, 1.54) is 6.08 Å². The predicted molar refractivity (Wildman–Crippen MR) is 62.5 cm³/mol. The maximum Gasteiger partial charge on any atom is 0.225 e. The van der Waals surface area contributed by atoms with E-state index in [9.17, 15) is 10.1 Å². The SMILES string of the molecule is C=C/C=C1/C=CC(C)(C)O/C1=C/C[N+](=O)[O-]. The summed E-state index contributed by atoms with van der Waals surface area (Å²) in [6.07, 6.45) is 8.66. The van der Waals surface area contributed by atoms with Gasteiger partial charge in [-0.25, -0.2) is 0 Å². The second kappa shape index (κ2) is 4.79. The van der Waals surface area contributed by atoms with Crippen LogP contribution in [0.4, 0.5) is 0 Å². The molecule has 0 aromatic heterocycles. The fourth-order valence-corrected chi connectivity index (χ4v) is 1.33. The van der Waals surface area contributed by atoms with Crippen molar-refractivity contribution < 1.29 is 9.66 Å². The lowest BCUT2D eigenvalue weighted by atomic mass is 10.0. The first kappa shape index (κ1) is 12.2. The van der Waals surface area contributed by atoms with Gasteiger partial charge >= 0.3 is 0 Å². The normalized spacial score (nSPS) is 23.1. The highest BCUT2D eigenvalue weighted by molar-refractivity contribution is 5.42. The second-order valence-corrected chi connectivity index (χ2v) is 3.98. The lowest BCUT2D eigenvalue weighted by molar-refractivity contribution is -0.468. The van der Waals surface area contributed by atoms with E-state index in [-0.39, 0.29) is 6.54 Å². The molecule has 1 aliphatic heterocycles. The Morgan fingerprint density at radius 1 is 1.62 bits per heavy atom. The van der Waals surface area contributed by atoms with Crippen LogP contribution in [0, 0.1) is 10.1 Å². The van der Waals surface area contributed by atoms with E-state index in [0.29, 0.717) is 5.76 Å². The number of nitro groups is 1. The lowest BCUT2D eigenvalue weighted by Crippen LogP contribution is -2.25. The maximum absolute atomic E-state index is 10.3. The van der Waals surface area contributed by atoms with Gasteiger partial charge in [0, 0.05) is 16.6 Å². The summed E-state index contributed by atoms with van der Waals surface area (Å²) < 4.78 is 5.64. The second-order valence-electron chi connectivity index (χ2n) is 3.98. The van der Waals surface area contributed by atoms with E-state index in [1.807, 2.05) is 26.0 Å². The van der Waals surface area contributed by atoms with Crippen molar-refractivity contribution in [2.24, 2.45) is 0 Å². The molecular weight excluding hydrogens is 206 g/mol. The van der Waals surface area contributed by atoms with Crippen LogP contribution in [-0.2, 0) is 4.74 Å². The molecule has 0 bridgehead atoms. The van der Waals surface area contributed by atoms with Gasteiger partial charge in [-0.1, -0.05) is 24.8 Å². The molecule has 0 aromatic rings. The average Bonchev–Trinajstić information content (AvgIpc) is 2.18. The zero-order valence-corrected chi connectivity index (χ0v) is 9.47. The van der Waals surface area contributed by atoms with E-state index < -0.39 is 10.5 Å². The van der Waals surface area contributed by atoms with Gasteiger partial charge in [0.25, 0.3) is 0 Å². The van der Waals surface area contributed by atoms with Crippen LogP contribution in [-0.4, -0.2) is 17.1 Å². The first-order chi connectivity index (χ1) is 7.44. The summed E-state index contributed by atoms with van der Waals surface area (Å²) in [6.45, 7) is 7.15. The zero-order chi connectivity index (χ0) is 12.2. The Bertz CT molecular complexity index is 389.